The highest BCUT2D eigenvalue weighted by molar-refractivity contribution is 7.00. The molecule has 0 spiro atoms. The molecular formula is C61H76BN3. The van der Waals surface area contributed by atoms with Gasteiger partial charge in [-0.3, -0.25) is 4.90 Å². The highest BCUT2D eigenvalue weighted by Gasteiger charge is 2.50. The minimum absolute atomic E-state index is 0.00642. The molecule has 3 saturated carbocycles. The molecular weight excluding hydrogens is 786 g/mol. The van der Waals surface area contributed by atoms with E-state index in [1.807, 2.05) is 0 Å². The van der Waals surface area contributed by atoms with Gasteiger partial charge in [0.05, 0.1) is 5.69 Å². The van der Waals surface area contributed by atoms with Crippen LogP contribution in [0, 0.1) is 5.92 Å². The molecule has 7 aliphatic rings. The number of pyridine rings is 1. The first kappa shape index (κ1) is 43.3. The molecule has 2 bridgehead atoms. The third kappa shape index (κ3) is 6.59. The summed E-state index contributed by atoms with van der Waals surface area (Å²) in [7, 11) is 0. The van der Waals surface area contributed by atoms with Crippen LogP contribution in [-0.2, 0) is 37.9 Å². The fourth-order valence-electron chi connectivity index (χ4n) is 13.7. The minimum Gasteiger partial charge on any atom is -0.311 e. The zero-order valence-corrected chi connectivity index (χ0v) is 42.6. The number of nitrogens with zero attached hydrogens (tertiary/aromatic N) is 3. The van der Waals surface area contributed by atoms with E-state index in [9.17, 15) is 0 Å². The van der Waals surface area contributed by atoms with E-state index in [2.05, 4.69) is 186 Å². The van der Waals surface area contributed by atoms with Gasteiger partial charge in [-0.15, -0.1) is 0 Å². The smallest absolute Gasteiger partial charge is 0.254 e. The van der Waals surface area contributed by atoms with Crippen LogP contribution < -0.4 is 26.2 Å². The van der Waals surface area contributed by atoms with E-state index < -0.39 is 0 Å². The zero-order chi connectivity index (χ0) is 46.0. The van der Waals surface area contributed by atoms with E-state index in [1.54, 1.807) is 0 Å². The first-order valence-electron chi connectivity index (χ1n) is 25.6. The van der Waals surface area contributed by atoms with Crippen molar-refractivity contribution in [1.29, 1.82) is 0 Å². The number of anilines is 6. The topological polar surface area (TPSA) is 19.4 Å². The van der Waals surface area contributed by atoms with Gasteiger partial charge in [0.1, 0.15) is 5.82 Å². The van der Waals surface area contributed by atoms with Gasteiger partial charge in [0.15, 0.2) is 0 Å². The molecule has 2 aliphatic heterocycles. The quantitative estimate of drug-likeness (QED) is 0.165. The van der Waals surface area contributed by atoms with Crippen molar-refractivity contribution in [2.45, 2.75) is 199 Å². The van der Waals surface area contributed by atoms with Crippen molar-refractivity contribution in [2.75, 3.05) is 9.80 Å². The highest BCUT2D eigenvalue weighted by atomic mass is 15.2. The maximum atomic E-state index is 6.23. The summed E-state index contributed by atoms with van der Waals surface area (Å²) < 4.78 is 0. The number of aromatic nitrogens is 1. The van der Waals surface area contributed by atoms with Crippen molar-refractivity contribution in [1.82, 2.24) is 4.98 Å². The third-order valence-corrected chi connectivity index (χ3v) is 18.5. The van der Waals surface area contributed by atoms with Crippen LogP contribution in [0.5, 0.6) is 0 Å². The molecule has 0 N–H and O–H groups in total. The molecule has 4 heteroatoms. The lowest BCUT2D eigenvalue weighted by Crippen LogP contribution is -2.62. The van der Waals surface area contributed by atoms with Gasteiger partial charge in [0, 0.05) is 33.9 Å². The standard InChI is InChI=1S/C61H76BN3/c1-55(2,3)39-15-18-41(19-16-39)64-49-22-17-40(56(4,5)6)33-47(49)62-48-35-45-46(60(13,14)32-31-59(45,11)12)36-50(48)65(42-20-21-43-44(34-42)58(9,10)30-29-57(43,7)8)54-53(62)51(64)37-52(63-54)61-26-23-38(24-27-61)25-28-61/h15-22,33-38H,23-32H2,1-14H3. The van der Waals surface area contributed by atoms with Gasteiger partial charge in [0.2, 0.25) is 0 Å². The first-order valence-corrected chi connectivity index (χ1v) is 25.6. The van der Waals surface area contributed by atoms with E-state index in [4.69, 9.17) is 4.98 Å². The Hall–Kier alpha value is -4.31. The Bertz CT molecular complexity index is 2750. The summed E-state index contributed by atoms with van der Waals surface area (Å²) in [6, 6.07) is 32.7. The average molecular weight is 862 g/mol. The summed E-state index contributed by atoms with van der Waals surface area (Å²) in [6.07, 6.45) is 12.5. The van der Waals surface area contributed by atoms with Crippen molar-refractivity contribution in [3.05, 3.63) is 118 Å². The van der Waals surface area contributed by atoms with Crippen LogP contribution in [0.15, 0.2) is 78.9 Å². The summed E-state index contributed by atoms with van der Waals surface area (Å²) in [5.74, 6) is 2.03. The van der Waals surface area contributed by atoms with Crippen LogP contribution >= 0.6 is 0 Å². The Morgan fingerprint density at radius 2 is 0.985 bits per heavy atom. The Labute approximate surface area is 393 Å². The lowest BCUT2D eigenvalue weighted by atomic mass is 9.33. The molecule has 3 heterocycles. The maximum absolute atomic E-state index is 6.23. The second-order valence-electron chi connectivity index (χ2n) is 26.7. The summed E-state index contributed by atoms with van der Waals surface area (Å²) >= 11 is 0. The maximum Gasteiger partial charge on any atom is 0.254 e. The molecule has 12 rings (SSSR count). The predicted octanol–water partition coefficient (Wildman–Crippen LogP) is 14.7. The lowest BCUT2D eigenvalue weighted by molar-refractivity contribution is 0.132. The number of hydrogen-bond acceptors (Lipinski definition) is 3. The van der Waals surface area contributed by atoms with Crippen LogP contribution in [-0.4, -0.2) is 11.7 Å². The highest BCUT2D eigenvalue weighted by Crippen LogP contribution is 2.56. The van der Waals surface area contributed by atoms with Gasteiger partial charge in [-0.2, -0.15) is 0 Å². The number of benzene rings is 4. The van der Waals surface area contributed by atoms with Crippen molar-refractivity contribution in [2.24, 2.45) is 5.92 Å². The molecule has 0 saturated heterocycles. The zero-order valence-electron chi connectivity index (χ0n) is 42.6. The fourth-order valence-corrected chi connectivity index (χ4v) is 13.7. The van der Waals surface area contributed by atoms with Gasteiger partial charge in [0.25, 0.3) is 6.71 Å². The molecule has 65 heavy (non-hydrogen) atoms. The predicted molar refractivity (Wildman–Crippen MR) is 279 cm³/mol. The minimum atomic E-state index is -0.00642. The molecule has 5 aromatic rings. The van der Waals surface area contributed by atoms with Crippen LogP contribution in [0.3, 0.4) is 0 Å². The Balaban J connectivity index is 1.28. The molecule has 1 aromatic heterocycles. The molecule has 338 valence electrons. The molecule has 0 atom stereocenters. The average Bonchev–Trinajstić information content (AvgIpc) is 3.26. The summed E-state index contributed by atoms with van der Waals surface area (Å²) in [4.78, 5) is 11.6. The fraction of sp³-hybridized carbons (Fsp3) is 0.525. The van der Waals surface area contributed by atoms with Crippen LogP contribution in [0.4, 0.5) is 34.3 Å². The molecule has 0 unspecified atom stereocenters. The lowest BCUT2D eigenvalue weighted by Gasteiger charge is -2.49. The molecule has 4 aromatic carbocycles. The molecule has 0 amide bonds. The molecule has 3 fully saturated rings. The Kier molecular flexibility index (Phi) is 9.25. The number of rotatable bonds is 3. The molecule has 0 radical (unpaired) electrons. The van der Waals surface area contributed by atoms with E-state index >= 15 is 0 Å². The van der Waals surface area contributed by atoms with E-state index in [-0.39, 0.29) is 44.6 Å². The van der Waals surface area contributed by atoms with Crippen molar-refractivity contribution >= 4 is 57.4 Å². The SMILES string of the molecule is CC(C)(C)c1ccc(N2c3ccc(C(C)(C)C)cc3B3c4cc5c(cc4N(c4ccc6c(c4)C(C)(C)CCC6(C)C)c4nc(C67CCC(CC6)CC7)cc2c43)C(C)(C)CCC5(C)C)cc1. The normalized spacial score (nSPS) is 24.2. The van der Waals surface area contributed by atoms with E-state index in [0.717, 1.165) is 11.7 Å². The van der Waals surface area contributed by atoms with Gasteiger partial charge >= 0.3 is 0 Å². The monoisotopic (exact) mass is 862 g/mol. The van der Waals surface area contributed by atoms with Crippen LogP contribution in [0.25, 0.3) is 0 Å². The molecule has 3 nitrogen and oxygen atoms in total. The summed E-state index contributed by atoms with van der Waals surface area (Å²) in [5.41, 5.74) is 21.3. The van der Waals surface area contributed by atoms with Gasteiger partial charge in [-0.25, -0.2) is 4.98 Å². The Morgan fingerprint density at radius 1 is 0.477 bits per heavy atom. The summed E-state index contributed by atoms with van der Waals surface area (Å²) in [5, 5.41) is 0. The Morgan fingerprint density at radius 3 is 1.57 bits per heavy atom. The van der Waals surface area contributed by atoms with Gasteiger partial charge in [-0.1, -0.05) is 133 Å². The van der Waals surface area contributed by atoms with Crippen LogP contribution in [0.1, 0.15) is 200 Å². The number of hydrogen-bond donors (Lipinski definition) is 0. The first-order chi connectivity index (χ1) is 30.4. The van der Waals surface area contributed by atoms with E-state index in [0.29, 0.717) is 0 Å². The second-order valence-corrected chi connectivity index (χ2v) is 26.7. The van der Waals surface area contributed by atoms with Crippen molar-refractivity contribution < 1.29 is 0 Å². The van der Waals surface area contributed by atoms with Gasteiger partial charge in [-0.05, 0) is 195 Å². The van der Waals surface area contributed by atoms with E-state index in [1.165, 1.54) is 148 Å². The molecule has 5 aliphatic carbocycles. The van der Waals surface area contributed by atoms with Crippen LogP contribution in [0.2, 0.25) is 0 Å². The third-order valence-electron chi connectivity index (χ3n) is 18.5. The van der Waals surface area contributed by atoms with Crippen molar-refractivity contribution in [3.63, 3.8) is 0 Å². The summed E-state index contributed by atoms with van der Waals surface area (Å²) in [6.45, 7) is 34.1. The van der Waals surface area contributed by atoms with Crippen molar-refractivity contribution in [3.8, 4) is 0 Å². The second kappa shape index (κ2) is 13.9. The number of fused-ring (bicyclic) bond motifs is 9. The largest absolute Gasteiger partial charge is 0.311 e. The van der Waals surface area contributed by atoms with Gasteiger partial charge < -0.3 is 4.90 Å².